The monoisotopic (exact) mass is 293 g/mol. The number of aromatic nitrogens is 2. The quantitative estimate of drug-likeness (QED) is 0.840. The highest BCUT2D eigenvalue weighted by molar-refractivity contribution is 5.09. The predicted molar refractivity (Wildman–Crippen MR) is 86.0 cm³/mol. The first kappa shape index (κ1) is 16.5. The van der Waals surface area contributed by atoms with Gasteiger partial charge < -0.3 is 10.5 Å². The van der Waals surface area contributed by atoms with E-state index < -0.39 is 0 Å². The second-order valence-corrected chi connectivity index (χ2v) is 6.51. The molecule has 2 rings (SSSR count). The van der Waals surface area contributed by atoms with Crippen molar-refractivity contribution in [2.45, 2.75) is 71.0 Å². The van der Waals surface area contributed by atoms with Crippen LogP contribution in [0.1, 0.15) is 63.8 Å². The van der Waals surface area contributed by atoms with Gasteiger partial charge in [-0.1, -0.05) is 26.7 Å². The van der Waals surface area contributed by atoms with Crippen LogP contribution in [0.25, 0.3) is 0 Å². The Hall–Kier alpha value is -0.870. The second kappa shape index (κ2) is 7.41. The topological polar surface area (TPSA) is 53.1 Å². The van der Waals surface area contributed by atoms with Gasteiger partial charge in [0, 0.05) is 13.6 Å². The fourth-order valence-corrected chi connectivity index (χ4v) is 3.41. The summed E-state index contributed by atoms with van der Waals surface area (Å²) in [7, 11) is 1.99. The standard InChI is InChI=1S/C17H31N3O/c1-4-6-14-7-9-17(13-18,10-8-14)21-12-16-11-15(5-2)19-20(16)3/h11,14H,4-10,12-13,18H2,1-3H3. The molecule has 0 amide bonds. The van der Waals surface area contributed by atoms with Crippen molar-refractivity contribution in [3.8, 4) is 0 Å². The maximum Gasteiger partial charge on any atom is 0.0892 e. The first-order valence-electron chi connectivity index (χ1n) is 8.48. The molecule has 0 spiro atoms. The summed E-state index contributed by atoms with van der Waals surface area (Å²) in [5.74, 6) is 0.877. The zero-order valence-corrected chi connectivity index (χ0v) is 13.9. The van der Waals surface area contributed by atoms with E-state index in [9.17, 15) is 0 Å². The number of hydrogen-bond acceptors (Lipinski definition) is 3. The van der Waals surface area contributed by atoms with Crippen LogP contribution in [0.5, 0.6) is 0 Å². The Bertz CT molecular complexity index is 433. The number of nitrogens with two attached hydrogens (primary N) is 1. The van der Waals surface area contributed by atoms with Crippen LogP contribution < -0.4 is 5.73 Å². The van der Waals surface area contributed by atoms with Crippen molar-refractivity contribution in [1.82, 2.24) is 9.78 Å². The molecule has 1 heterocycles. The van der Waals surface area contributed by atoms with Gasteiger partial charge in [-0.05, 0) is 44.1 Å². The molecule has 0 bridgehead atoms. The minimum atomic E-state index is -0.110. The van der Waals surface area contributed by atoms with Gasteiger partial charge in [0.2, 0.25) is 0 Å². The van der Waals surface area contributed by atoms with E-state index in [1.165, 1.54) is 25.7 Å². The predicted octanol–water partition coefficient (Wildman–Crippen LogP) is 3.19. The Balaban J connectivity index is 1.92. The summed E-state index contributed by atoms with van der Waals surface area (Å²) in [5.41, 5.74) is 8.21. The lowest BCUT2D eigenvalue weighted by atomic mass is 9.77. The van der Waals surface area contributed by atoms with Crippen molar-refractivity contribution >= 4 is 0 Å². The lowest BCUT2D eigenvalue weighted by Crippen LogP contribution is -2.44. The number of aryl methyl sites for hydroxylation is 2. The summed E-state index contributed by atoms with van der Waals surface area (Å²) in [6.07, 6.45) is 8.33. The van der Waals surface area contributed by atoms with Crippen LogP contribution in [0.3, 0.4) is 0 Å². The van der Waals surface area contributed by atoms with E-state index in [0.29, 0.717) is 13.2 Å². The molecule has 0 atom stereocenters. The molecular formula is C17H31N3O. The summed E-state index contributed by atoms with van der Waals surface area (Å²) in [6.45, 7) is 5.65. The normalized spacial score (nSPS) is 26.2. The SMILES string of the molecule is CCCC1CCC(CN)(OCc2cc(CC)nn2C)CC1. The summed E-state index contributed by atoms with van der Waals surface area (Å²) in [4.78, 5) is 0. The van der Waals surface area contributed by atoms with E-state index in [2.05, 4.69) is 25.0 Å². The van der Waals surface area contributed by atoms with Gasteiger partial charge >= 0.3 is 0 Å². The van der Waals surface area contributed by atoms with E-state index >= 15 is 0 Å². The average molecular weight is 293 g/mol. The Labute approximate surface area is 129 Å². The minimum absolute atomic E-state index is 0.110. The third-order valence-corrected chi connectivity index (χ3v) is 5.00. The average Bonchev–Trinajstić information content (AvgIpc) is 2.88. The largest absolute Gasteiger partial charge is 0.367 e. The van der Waals surface area contributed by atoms with Crippen molar-refractivity contribution in [1.29, 1.82) is 0 Å². The molecule has 1 fully saturated rings. The fourth-order valence-electron chi connectivity index (χ4n) is 3.41. The molecule has 4 heteroatoms. The van der Waals surface area contributed by atoms with Crippen LogP contribution in [0, 0.1) is 5.92 Å². The molecule has 4 nitrogen and oxygen atoms in total. The molecule has 1 aliphatic carbocycles. The third kappa shape index (κ3) is 4.07. The molecule has 1 saturated carbocycles. The van der Waals surface area contributed by atoms with Crippen molar-refractivity contribution in [3.05, 3.63) is 17.5 Å². The second-order valence-electron chi connectivity index (χ2n) is 6.51. The molecule has 1 aromatic rings. The van der Waals surface area contributed by atoms with E-state index in [0.717, 1.165) is 36.6 Å². The lowest BCUT2D eigenvalue weighted by Gasteiger charge is -2.39. The highest BCUT2D eigenvalue weighted by Gasteiger charge is 2.35. The highest BCUT2D eigenvalue weighted by atomic mass is 16.5. The van der Waals surface area contributed by atoms with Crippen LogP contribution in [-0.4, -0.2) is 21.9 Å². The molecule has 0 radical (unpaired) electrons. The van der Waals surface area contributed by atoms with E-state index in [4.69, 9.17) is 10.5 Å². The van der Waals surface area contributed by atoms with E-state index in [1.807, 2.05) is 11.7 Å². The van der Waals surface area contributed by atoms with Gasteiger partial charge in [0.1, 0.15) is 0 Å². The molecular weight excluding hydrogens is 262 g/mol. The number of ether oxygens (including phenoxy) is 1. The summed E-state index contributed by atoms with van der Waals surface area (Å²) >= 11 is 0. The summed E-state index contributed by atoms with van der Waals surface area (Å²) < 4.78 is 8.22. The van der Waals surface area contributed by atoms with Crippen LogP contribution >= 0.6 is 0 Å². The minimum Gasteiger partial charge on any atom is -0.367 e. The zero-order chi connectivity index (χ0) is 15.3. The van der Waals surface area contributed by atoms with Crippen LogP contribution in [0.4, 0.5) is 0 Å². The first-order chi connectivity index (χ1) is 10.1. The Morgan fingerprint density at radius 3 is 2.62 bits per heavy atom. The van der Waals surface area contributed by atoms with Crippen molar-refractivity contribution in [2.75, 3.05) is 6.54 Å². The maximum atomic E-state index is 6.29. The smallest absolute Gasteiger partial charge is 0.0892 e. The molecule has 21 heavy (non-hydrogen) atoms. The van der Waals surface area contributed by atoms with Gasteiger partial charge in [-0.25, -0.2) is 0 Å². The zero-order valence-electron chi connectivity index (χ0n) is 13.9. The fraction of sp³-hybridized carbons (Fsp3) is 0.824. The Morgan fingerprint density at radius 1 is 1.38 bits per heavy atom. The molecule has 120 valence electrons. The van der Waals surface area contributed by atoms with Crippen LogP contribution in [-0.2, 0) is 24.8 Å². The molecule has 2 N–H and O–H groups in total. The molecule has 0 aliphatic heterocycles. The Kier molecular flexibility index (Phi) is 5.82. The maximum absolute atomic E-state index is 6.29. The Morgan fingerprint density at radius 2 is 2.10 bits per heavy atom. The van der Waals surface area contributed by atoms with Crippen molar-refractivity contribution < 1.29 is 4.74 Å². The number of nitrogens with zero attached hydrogens (tertiary/aromatic N) is 2. The van der Waals surface area contributed by atoms with Gasteiger partial charge in [-0.2, -0.15) is 5.10 Å². The first-order valence-corrected chi connectivity index (χ1v) is 8.48. The summed E-state index contributed by atoms with van der Waals surface area (Å²) in [5, 5.41) is 4.48. The van der Waals surface area contributed by atoms with Gasteiger partial charge in [0.25, 0.3) is 0 Å². The van der Waals surface area contributed by atoms with Gasteiger partial charge in [0.15, 0.2) is 0 Å². The van der Waals surface area contributed by atoms with Crippen LogP contribution in [0.2, 0.25) is 0 Å². The van der Waals surface area contributed by atoms with E-state index in [1.54, 1.807) is 0 Å². The van der Waals surface area contributed by atoms with Crippen LogP contribution in [0.15, 0.2) is 6.07 Å². The highest BCUT2D eigenvalue weighted by Crippen LogP contribution is 2.36. The number of hydrogen-bond donors (Lipinski definition) is 1. The van der Waals surface area contributed by atoms with Gasteiger partial charge in [-0.3, -0.25) is 4.68 Å². The number of rotatable bonds is 7. The lowest BCUT2D eigenvalue weighted by molar-refractivity contribution is -0.0834. The molecule has 0 aromatic carbocycles. The molecule has 0 saturated heterocycles. The summed E-state index contributed by atoms with van der Waals surface area (Å²) in [6, 6.07) is 2.15. The molecule has 1 aliphatic rings. The van der Waals surface area contributed by atoms with Crippen molar-refractivity contribution in [3.63, 3.8) is 0 Å². The van der Waals surface area contributed by atoms with Crippen molar-refractivity contribution in [2.24, 2.45) is 18.7 Å². The molecule has 1 aromatic heterocycles. The van der Waals surface area contributed by atoms with Gasteiger partial charge in [-0.15, -0.1) is 0 Å². The van der Waals surface area contributed by atoms with E-state index in [-0.39, 0.29) is 5.60 Å². The van der Waals surface area contributed by atoms with Gasteiger partial charge in [0.05, 0.1) is 23.6 Å². The third-order valence-electron chi connectivity index (χ3n) is 5.00. The molecule has 0 unspecified atom stereocenters.